The maximum absolute atomic E-state index is 3.10. The summed E-state index contributed by atoms with van der Waals surface area (Å²) >= 11 is 0. The molecule has 1 heterocycles. The second-order valence-electron chi connectivity index (χ2n) is 2.84. The van der Waals surface area contributed by atoms with Crippen LogP contribution in [0.1, 0.15) is 12.8 Å². The molecule has 0 bridgehead atoms. The summed E-state index contributed by atoms with van der Waals surface area (Å²) < 4.78 is 0. The Balaban J connectivity index is 0.000000180. The minimum absolute atomic E-state index is 1.16. The average Bonchev–Trinajstić information content (AvgIpc) is 1.90. The summed E-state index contributed by atoms with van der Waals surface area (Å²) in [5.74, 6) is 0. The van der Waals surface area contributed by atoms with Gasteiger partial charge in [-0.15, -0.1) is 0 Å². The molecule has 60 valence electrons. The van der Waals surface area contributed by atoms with Crippen LogP contribution in [0.4, 0.5) is 0 Å². The van der Waals surface area contributed by atoms with Crippen molar-refractivity contribution in [3.05, 3.63) is 12.3 Å². The first-order chi connectivity index (χ1) is 4.73. The summed E-state index contributed by atoms with van der Waals surface area (Å²) in [5, 5.41) is 3.10. The summed E-state index contributed by atoms with van der Waals surface area (Å²) in [5.41, 5.74) is 0. The van der Waals surface area contributed by atoms with E-state index < -0.39 is 0 Å². The largest absolute Gasteiger partial charge is 0.391 e. The molecule has 2 nitrogen and oxygen atoms in total. The van der Waals surface area contributed by atoms with Gasteiger partial charge in [-0.3, -0.25) is 0 Å². The Morgan fingerprint density at radius 2 is 1.90 bits per heavy atom. The molecule has 0 atom stereocenters. The van der Waals surface area contributed by atoms with Crippen molar-refractivity contribution in [2.45, 2.75) is 12.8 Å². The molecular weight excluding hydrogens is 124 g/mol. The van der Waals surface area contributed by atoms with Gasteiger partial charge in [-0.05, 0) is 40.2 Å². The summed E-state index contributed by atoms with van der Waals surface area (Å²) in [6.45, 7) is 1.16. The molecule has 2 heteroatoms. The minimum Gasteiger partial charge on any atom is -0.391 e. The van der Waals surface area contributed by atoms with E-state index in [-0.39, 0.29) is 0 Å². The van der Waals surface area contributed by atoms with Gasteiger partial charge in [0.2, 0.25) is 0 Å². The first kappa shape index (κ1) is 9.50. The summed E-state index contributed by atoms with van der Waals surface area (Å²) in [4.78, 5) is 2.00. The maximum Gasteiger partial charge on any atom is 0.0144 e. The lowest BCUT2D eigenvalue weighted by molar-refractivity contribution is 0.505. The molecule has 0 saturated heterocycles. The van der Waals surface area contributed by atoms with Crippen LogP contribution in [0, 0.1) is 0 Å². The number of hydrogen-bond donors (Lipinski definition) is 1. The molecule has 0 unspecified atom stereocenters. The average molecular weight is 142 g/mol. The molecule has 0 aromatic heterocycles. The van der Waals surface area contributed by atoms with Crippen molar-refractivity contribution in [1.82, 2.24) is 10.2 Å². The molecule has 1 aliphatic heterocycles. The van der Waals surface area contributed by atoms with Crippen molar-refractivity contribution in [3.63, 3.8) is 0 Å². The fourth-order valence-corrected chi connectivity index (χ4v) is 0.572. The Labute approximate surface area is 63.9 Å². The topological polar surface area (TPSA) is 15.3 Å². The zero-order chi connectivity index (χ0) is 7.82. The van der Waals surface area contributed by atoms with E-state index in [2.05, 4.69) is 11.4 Å². The highest BCUT2D eigenvalue weighted by Gasteiger charge is 1.84. The molecule has 1 aliphatic rings. The lowest BCUT2D eigenvalue weighted by Crippen LogP contribution is -2.09. The molecular formula is C8H18N2. The minimum atomic E-state index is 1.16. The zero-order valence-corrected chi connectivity index (χ0v) is 7.22. The predicted molar refractivity (Wildman–Crippen MR) is 46.0 cm³/mol. The van der Waals surface area contributed by atoms with E-state index in [4.69, 9.17) is 0 Å². The molecule has 1 N–H and O–H groups in total. The fourth-order valence-electron chi connectivity index (χ4n) is 0.572. The van der Waals surface area contributed by atoms with Crippen molar-refractivity contribution in [2.24, 2.45) is 0 Å². The SMILES string of the molecule is C1=CNCCC1.CN(C)C. The maximum atomic E-state index is 3.10. The number of nitrogens with one attached hydrogen (secondary N) is 1. The molecule has 0 fully saturated rings. The molecule has 0 spiro atoms. The van der Waals surface area contributed by atoms with Crippen LogP contribution in [0.2, 0.25) is 0 Å². The van der Waals surface area contributed by atoms with E-state index in [0.717, 1.165) is 6.54 Å². The van der Waals surface area contributed by atoms with Gasteiger partial charge in [0.05, 0.1) is 0 Å². The molecule has 1 rings (SSSR count). The third-order valence-electron chi connectivity index (χ3n) is 0.928. The van der Waals surface area contributed by atoms with Crippen LogP contribution in [0.25, 0.3) is 0 Å². The molecule has 0 aromatic carbocycles. The summed E-state index contributed by atoms with van der Waals surface area (Å²) in [6.07, 6.45) is 6.73. The van der Waals surface area contributed by atoms with Crippen molar-refractivity contribution in [1.29, 1.82) is 0 Å². The van der Waals surface area contributed by atoms with E-state index >= 15 is 0 Å². The molecule has 0 amide bonds. The van der Waals surface area contributed by atoms with Gasteiger partial charge in [0.1, 0.15) is 0 Å². The predicted octanol–water partition coefficient (Wildman–Crippen LogP) is 1.06. The first-order valence-electron chi connectivity index (χ1n) is 3.73. The lowest BCUT2D eigenvalue weighted by Gasteiger charge is -2.02. The van der Waals surface area contributed by atoms with E-state index in [1.807, 2.05) is 32.2 Å². The Morgan fingerprint density at radius 1 is 1.30 bits per heavy atom. The van der Waals surface area contributed by atoms with Crippen molar-refractivity contribution in [3.8, 4) is 0 Å². The quantitative estimate of drug-likeness (QED) is 0.544. The highest BCUT2D eigenvalue weighted by Crippen LogP contribution is 1.91. The van der Waals surface area contributed by atoms with Gasteiger partial charge in [-0.1, -0.05) is 6.08 Å². The Morgan fingerprint density at radius 3 is 2.00 bits per heavy atom. The number of allylic oxidation sites excluding steroid dienone is 1. The smallest absolute Gasteiger partial charge is 0.0144 e. The zero-order valence-electron chi connectivity index (χ0n) is 7.22. The Kier molecular flexibility index (Phi) is 6.29. The molecule has 0 saturated carbocycles. The van der Waals surface area contributed by atoms with Crippen LogP contribution in [0.15, 0.2) is 12.3 Å². The van der Waals surface area contributed by atoms with E-state index in [9.17, 15) is 0 Å². The van der Waals surface area contributed by atoms with Gasteiger partial charge in [0, 0.05) is 6.54 Å². The van der Waals surface area contributed by atoms with E-state index in [1.54, 1.807) is 0 Å². The van der Waals surface area contributed by atoms with Crippen LogP contribution in [0.5, 0.6) is 0 Å². The van der Waals surface area contributed by atoms with Gasteiger partial charge in [0.25, 0.3) is 0 Å². The molecule has 0 aromatic rings. The third kappa shape index (κ3) is 10.5. The van der Waals surface area contributed by atoms with Crippen molar-refractivity contribution < 1.29 is 0 Å². The number of hydrogen-bond acceptors (Lipinski definition) is 2. The van der Waals surface area contributed by atoms with E-state index in [1.165, 1.54) is 12.8 Å². The second kappa shape index (κ2) is 6.62. The van der Waals surface area contributed by atoms with Crippen LogP contribution in [-0.4, -0.2) is 32.6 Å². The van der Waals surface area contributed by atoms with Crippen molar-refractivity contribution >= 4 is 0 Å². The number of nitrogens with zero attached hydrogens (tertiary/aromatic N) is 1. The van der Waals surface area contributed by atoms with Gasteiger partial charge < -0.3 is 10.2 Å². The van der Waals surface area contributed by atoms with Gasteiger partial charge in [-0.25, -0.2) is 0 Å². The standard InChI is InChI=1S/C5H9N.C3H9N/c1-2-4-6-5-3-1;1-4(2)3/h2,4,6H,1,3,5H2;1-3H3. The summed E-state index contributed by atoms with van der Waals surface area (Å²) in [6, 6.07) is 0. The van der Waals surface area contributed by atoms with Crippen LogP contribution in [-0.2, 0) is 0 Å². The van der Waals surface area contributed by atoms with Gasteiger partial charge >= 0.3 is 0 Å². The highest BCUT2D eigenvalue weighted by molar-refractivity contribution is 4.83. The molecule has 10 heavy (non-hydrogen) atoms. The second-order valence-corrected chi connectivity index (χ2v) is 2.84. The van der Waals surface area contributed by atoms with Gasteiger partial charge in [0.15, 0.2) is 0 Å². The van der Waals surface area contributed by atoms with Crippen molar-refractivity contribution in [2.75, 3.05) is 27.7 Å². The summed E-state index contributed by atoms with van der Waals surface area (Å²) in [7, 11) is 6.00. The van der Waals surface area contributed by atoms with Crippen LogP contribution in [0.3, 0.4) is 0 Å². The normalized spacial score (nSPS) is 15.6. The van der Waals surface area contributed by atoms with E-state index in [0.29, 0.717) is 0 Å². The first-order valence-corrected chi connectivity index (χ1v) is 3.73. The van der Waals surface area contributed by atoms with Crippen LogP contribution < -0.4 is 5.32 Å². The molecule has 0 aliphatic carbocycles. The fraction of sp³-hybridized carbons (Fsp3) is 0.750. The Hall–Kier alpha value is -0.500. The lowest BCUT2D eigenvalue weighted by atomic mass is 10.2. The van der Waals surface area contributed by atoms with Crippen LogP contribution >= 0.6 is 0 Å². The number of rotatable bonds is 0. The third-order valence-corrected chi connectivity index (χ3v) is 0.928. The Bertz CT molecular complexity index is 76.5. The monoisotopic (exact) mass is 142 g/mol. The highest BCUT2D eigenvalue weighted by atomic mass is 15.0. The van der Waals surface area contributed by atoms with Gasteiger partial charge in [-0.2, -0.15) is 0 Å². The molecule has 0 radical (unpaired) electrons.